The van der Waals surface area contributed by atoms with Gasteiger partial charge in [-0.1, -0.05) is 25.4 Å². The van der Waals surface area contributed by atoms with E-state index in [2.05, 4.69) is 27.2 Å². The zero-order valence-corrected chi connectivity index (χ0v) is 12.1. The summed E-state index contributed by atoms with van der Waals surface area (Å²) in [5.41, 5.74) is 2.34. The van der Waals surface area contributed by atoms with Crippen LogP contribution in [0, 0.1) is 6.92 Å². The van der Waals surface area contributed by atoms with Gasteiger partial charge in [-0.25, -0.2) is 9.97 Å². The molecule has 19 heavy (non-hydrogen) atoms. The number of aryl methyl sites for hydroxylation is 1. The second-order valence-electron chi connectivity index (χ2n) is 4.74. The molecule has 0 radical (unpaired) electrons. The van der Waals surface area contributed by atoms with E-state index in [1.54, 1.807) is 12.3 Å². The van der Waals surface area contributed by atoms with E-state index in [4.69, 9.17) is 11.6 Å². The van der Waals surface area contributed by atoms with E-state index in [1.165, 1.54) is 5.56 Å². The first kappa shape index (κ1) is 13.7. The Morgan fingerprint density at radius 3 is 2.79 bits per heavy atom. The molecule has 2 aromatic rings. The number of rotatable bonds is 4. The molecule has 0 saturated carbocycles. The highest BCUT2D eigenvalue weighted by atomic mass is 35.5. The zero-order valence-electron chi connectivity index (χ0n) is 11.3. The molecule has 5 heteroatoms. The Kier molecular flexibility index (Phi) is 4.32. The molecule has 1 N–H and O–H groups in total. The maximum atomic E-state index is 6.00. The Labute approximate surface area is 118 Å². The summed E-state index contributed by atoms with van der Waals surface area (Å²) in [5.74, 6) is 1.74. The third kappa shape index (κ3) is 3.64. The molecule has 100 valence electrons. The van der Waals surface area contributed by atoms with Gasteiger partial charge in [0.2, 0.25) is 0 Å². The number of nitrogens with zero attached hydrogens (tertiary/aromatic N) is 3. The molecule has 0 unspecified atom stereocenters. The van der Waals surface area contributed by atoms with Gasteiger partial charge in [0, 0.05) is 30.9 Å². The lowest BCUT2D eigenvalue weighted by molar-refractivity contribution is 0.774. The third-order valence-corrected chi connectivity index (χ3v) is 3.03. The van der Waals surface area contributed by atoms with E-state index in [-0.39, 0.29) is 5.92 Å². The zero-order chi connectivity index (χ0) is 13.8. The SMILES string of the molecule is Cc1ccncc1CNc1cc(Cl)nc(C(C)C)n1. The number of nitrogens with one attached hydrogen (secondary N) is 1. The fourth-order valence-electron chi connectivity index (χ4n) is 1.65. The summed E-state index contributed by atoms with van der Waals surface area (Å²) in [6, 6.07) is 3.72. The molecule has 0 saturated heterocycles. The van der Waals surface area contributed by atoms with Crippen LogP contribution in [0.2, 0.25) is 5.15 Å². The molecular weight excluding hydrogens is 260 g/mol. The summed E-state index contributed by atoms with van der Waals surface area (Å²) < 4.78 is 0. The second kappa shape index (κ2) is 5.97. The molecule has 0 spiro atoms. The molecule has 0 aromatic carbocycles. The summed E-state index contributed by atoms with van der Waals surface area (Å²) >= 11 is 6.00. The van der Waals surface area contributed by atoms with Gasteiger partial charge in [-0.05, 0) is 24.1 Å². The van der Waals surface area contributed by atoms with Crippen LogP contribution < -0.4 is 5.32 Å². The molecule has 4 nitrogen and oxygen atoms in total. The minimum Gasteiger partial charge on any atom is -0.366 e. The fourth-order valence-corrected chi connectivity index (χ4v) is 1.84. The van der Waals surface area contributed by atoms with Gasteiger partial charge >= 0.3 is 0 Å². The summed E-state index contributed by atoms with van der Waals surface area (Å²) in [6.07, 6.45) is 3.64. The normalized spacial score (nSPS) is 10.8. The Morgan fingerprint density at radius 2 is 2.11 bits per heavy atom. The van der Waals surface area contributed by atoms with Crippen LogP contribution in [0.1, 0.15) is 36.7 Å². The highest BCUT2D eigenvalue weighted by Gasteiger charge is 2.07. The quantitative estimate of drug-likeness (QED) is 0.868. The van der Waals surface area contributed by atoms with Crippen LogP contribution in [-0.2, 0) is 6.54 Å². The van der Waals surface area contributed by atoms with E-state index in [9.17, 15) is 0 Å². The molecule has 0 atom stereocenters. The van der Waals surface area contributed by atoms with Crippen molar-refractivity contribution < 1.29 is 0 Å². The average Bonchev–Trinajstić information content (AvgIpc) is 2.37. The lowest BCUT2D eigenvalue weighted by Crippen LogP contribution is -2.06. The van der Waals surface area contributed by atoms with E-state index < -0.39 is 0 Å². The van der Waals surface area contributed by atoms with Crippen LogP contribution >= 0.6 is 11.6 Å². The lowest BCUT2D eigenvalue weighted by atomic mass is 10.1. The van der Waals surface area contributed by atoms with Gasteiger partial charge in [0.15, 0.2) is 0 Å². The highest BCUT2D eigenvalue weighted by molar-refractivity contribution is 6.29. The summed E-state index contributed by atoms with van der Waals surface area (Å²) in [7, 11) is 0. The molecule has 0 bridgehead atoms. The Morgan fingerprint density at radius 1 is 1.32 bits per heavy atom. The van der Waals surface area contributed by atoms with E-state index in [1.807, 2.05) is 26.1 Å². The summed E-state index contributed by atoms with van der Waals surface area (Å²) in [4.78, 5) is 12.8. The van der Waals surface area contributed by atoms with Gasteiger partial charge in [0.25, 0.3) is 0 Å². The Bertz CT molecular complexity index is 569. The first-order valence-electron chi connectivity index (χ1n) is 6.24. The maximum absolute atomic E-state index is 6.00. The monoisotopic (exact) mass is 276 g/mol. The van der Waals surface area contributed by atoms with E-state index in [0.717, 1.165) is 17.2 Å². The van der Waals surface area contributed by atoms with Gasteiger partial charge in [-0.15, -0.1) is 0 Å². The first-order valence-corrected chi connectivity index (χ1v) is 6.62. The largest absolute Gasteiger partial charge is 0.366 e. The van der Waals surface area contributed by atoms with Crippen molar-refractivity contribution in [3.05, 3.63) is 46.6 Å². The van der Waals surface area contributed by atoms with Crippen molar-refractivity contribution in [1.29, 1.82) is 0 Å². The van der Waals surface area contributed by atoms with Crippen LogP contribution in [0.3, 0.4) is 0 Å². The topological polar surface area (TPSA) is 50.7 Å². The van der Waals surface area contributed by atoms with E-state index >= 15 is 0 Å². The van der Waals surface area contributed by atoms with Gasteiger partial charge in [-0.2, -0.15) is 0 Å². The minimum atomic E-state index is 0.249. The van der Waals surface area contributed by atoms with Crippen LogP contribution in [0.25, 0.3) is 0 Å². The number of anilines is 1. The molecule has 2 heterocycles. The molecular formula is C14H17ClN4. The molecule has 0 aliphatic rings. The van der Waals surface area contributed by atoms with Crippen LogP contribution in [0.15, 0.2) is 24.5 Å². The third-order valence-electron chi connectivity index (χ3n) is 2.84. The lowest BCUT2D eigenvalue weighted by Gasteiger charge is -2.10. The number of halogens is 1. The standard InChI is InChI=1S/C14H17ClN4/c1-9(2)14-18-12(15)6-13(19-14)17-8-11-7-16-5-4-10(11)3/h4-7,9H,8H2,1-3H3,(H,17,18,19). The van der Waals surface area contributed by atoms with Crippen molar-refractivity contribution in [2.45, 2.75) is 33.2 Å². The van der Waals surface area contributed by atoms with Crippen LogP contribution in [0.5, 0.6) is 0 Å². The molecule has 0 aliphatic heterocycles. The van der Waals surface area contributed by atoms with Gasteiger partial charge in [0.05, 0.1) is 0 Å². The smallest absolute Gasteiger partial charge is 0.135 e. The van der Waals surface area contributed by atoms with E-state index in [0.29, 0.717) is 11.7 Å². The van der Waals surface area contributed by atoms with Gasteiger partial charge in [0.1, 0.15) is 16.8 Å². The number of pyridine rings is 1. The Hall–Kier alpha value is -1.68. The maximum Gasteiger partial charge on any atom is 0.135 e. The minimum absolute atomic E-state index is 0.249. The summed E-state index contributed by atoms with van der Waals surface area (Å²) in [6.45, 7) is 6.82. The number of hydrogen-bond acceptors (Lipinski definition) is 4. The molecule has 2 aromatic heterocycles. The van der Waals surface area contributed by atoms with Crippen molar-refractivity contribution in [2.24, 2.45) is 0 Å². The van der Waals surface area contributed by atoms with Crippen molar-refractivity contribution in [2.75, 3.05) is 5.32 Å². The first-order chi connectivity index (χ1) is 9.06. The van der Waals surface area contributed by atoms with Crippen LogP contribution in [-0.4, -0.2) is 15.0 Å². The molecule has 0 aliphatic carbocycles. The Balaban J connectivity index is 2.14. The van der Waals surface area contributed by atoms with Gasteiger partial charge in [-0.3, -0.25) is 4.98 Å². The van der Waals surface area contributed by atoms with Crippen molar-refractivity contribution in [1.82, 2.24) is 15.0 Å². The average molecular weight is 277 g/mol. The van der Waals surface area contributed by atoms with Crippen LogP contribution in [0.4, 0.5) is 5.82 Å². The molecule has 0 amide bonds. The molecule has 0 fully saturated rings. The second-order valence-corrected chi connectivity index (χ2v) is 5.13. The number of aromatic nitrogens is 3. The predicted molar refractivity (Wildman–Crippen MR) is 77.4 cm³/mol. The number of hydrogen-bond donors (Lipinski definition) is 1. The van der Waals surface area contributed by atoms with Gasteiger partial charge < -0.3 is 5.32 Å². The fraction of sp³-hybridized carbons (Fsp3) is 0.357. The summed E-state index contributed by atoms with van der Waals surface area (Å²) in [5, 5.41) is 3.72. The van der Waals surface area contributed by atoms with Crippen molar-refractivity contribution in [3.63, 3.8) is 0 Å². The predicted octanol–water partition coefficient (Wildman–Crippen LogP) is 3.57. The highest BCUT2D eigenvalue weighted by Crippen LogP contribution is 2.17. The van der Waals surface area contributed by atoms with Crippen molar-refractivity contribution in [3.8, 4) is 0 Å². The van der Waals surface area contributed by atoms with Crippen molar-refractivity contribution >= 4 is 17.4 Å². The molecule has 2 rings (SSSR count).